The summed E-state index contributed by atoms with van der Waals surface area (Å²) in [4.78, 5) is 37.7. The smallest absolute Gasteiger partial charge is 0.302 e. The lowest BCUT2D eigenvalue weighted by molar-refractivity contribution is -0.141. The molecule has 2 unspecified atom stereocenters. The lowest BCUT2D eigenvalue weighted by atomic mass is 10.1. The summed E-state index contributed by atoms with van der Waals surface area (Å²) in [6, 6.07) is 7.28. The van der Waals surface area contributed by atoms with E-state index in [0.717, 1.165) is 25.0 Å². The molecule has 0 radical (unpaired) electrons. The van der Waals surface area contributed by atoms with Crippen LogP contribution in [0.3, 0.4) is 0 Å². The van der Waals surface area contributed by atoms with Gasteiger partial charge in [0.25, 0.3) is 5.91 Å². The summed E-state index contributed by atoms with van der Waals surface area (Å²) in [5.74, 6) is 0.945. The molecule has 1 amide bonds. The third-order valence-electron chi connectivity index (χ3n) is 6.09. The van der Waals surface area contributed by atoms with Gasteiger partial charge in [0, 0.05) is 20.5 Å². The molecule has 1 aromatic carbocycles. The highest BCUT2D eigenvalue weighted by Crippen LogP contribution is 2.38. The van der Waals surface area contributed by atoms with Crippen molar-refractivity contribution in [3.05, 3.63) is 46.4 Å². The van der Waals surface area contributed by atoms with Gasteiger partial charge in [0.05, 0.1) is 17.3 Å². The van der Waals surface area contributed by atoms with Crippen molar-refractivity contribution < 1.29 is 23.8 Å². The number of likely N-dealkylation sites (N-methyl/N-ethyl adjacent to an activating group) is 1. The molecule has 0 aliphatic carbocycles. The fourth-order valence-corrected chi connectivity index (χ4v) is 4.43. The van der Waals surface area contributed by atoms with E-state index in [1.165, 1.54) is 6.92 Å². The van der Waals surface area contributed by atoms with Crippen molar-refractivity contribution in [3.8, 4) is 5.75 Å². The molecular formula is C26H33ClN4O5. The van der Waals surface area contributed by atoms with E-state index in [1.807, 2.05) is 17.0 Å². The van der Waals surface area contributed by atoms with Crippen LogP contribution in [0.2, 0.25) is 5.02 Å². The van der Waals surface area contributed by atoms with Gasteiger partial charge in [0.2, 0.25) is 0 Å². The maximum atomic E-state index is 13.3. The number of carbonyl (C=O) groups excluding carboxylic acids is 2. The SMILES string of the molecule is CC(=O)OCCCCCc1nc2c(nc1COc1ccccc1Cl)N(CC(C)C)C1OC1N(C)C2=O. The van der Waals surface area contributed by atoms with Crippen LogP contribution in [0.4, 0.5) is 5.82 Å². The van der Waals surface area contributed by atoms with Gasteiger partial charge in [-0.05, 0) is 43.7 Å². The Bertz CT molecular complexity index is 1110. The summed E-state index contributed by atoms with van der Waals surface area (Å²) in [5.41, 5.74) is 1.72. The van der Waals surface area contributed by atoms with E-state index >= 15 is 0 Å². The van der Waals surface area contributed by atoms with E-state index in [-0.39, 0.29) is 30.9 Å². The van der Waals surface area contributed by atoms with Crippen LogP contribution in [-0.4, -0.2) is 59.4 Å². The van der Waals surface area contributed by atoms with Crippen LogP contribution in [-0.2, 0) is 27.3 Å². The van der Waals surface area contributed by atoms with Gasteiger partial charge in [-0.1, -0.05) is 37.6 Å². The topological polar surface area (TPSA) is 97.4 Å². The standard InChI is InChI=1S/C26H33ClN4O5/c1-16(2)14-31-23-22(24(33)30(4)25-26(31)36-25)28-19(11-6-5-9-13-34-17(3)32)20(29-23)15-35-21-12-8-7-10-18(21)27/h7-8,10,12,16,25-26H,5-6,9,11,13-15H2,1-4H3. The third-order valence-corrected chi connectivity index (χ3v) is 6.40. The summed E-state index contributed by atoms with van der Waals surface area (Å²) in [6.07, 6.45) is 2.49. The van der Waals surface area contributed by atoms with Crippen molar-refractivity contribution in [2.75, 3.05) is 25.1 Å². The number of nitrogens with zero attached hydrogens (tertiary/aromatic N) is 4. The predicted molar refractivity (Wildman–Crippen MR) is 135 cm³/mol. The molecular weight excluding hydrogens is 484 g/mol. The summed E-state index contributed by atoms with van der Waals surface area (Å²) in [6.45, 7) is 6.89. The minimum absolute atomic E-state index is 0.168. The first kappa shape index (κ1) is 26.2. The fourth-order valence-electron chi connectivity index (χ4n) is 4.24. The number of esters is 1. The summed E-state index contributed by atoms with van der Waals surface area (Å²) < 4.78 is 16.9. The van der Waals surface area contributed by atoms with Gasteiger partial charge >= 0.3 is 5.97 Å². The van der Waals surface area contributed by atoms with E-state index in [1.54, 1.807) is 24.1 Å². The van der Waals surface area contributed by atoms with Crippen molar-refractivity contribution in [1.82, 2.24) is 14.9 Å². The van der Waals surface area contributed by atoms with Crippen molar-refractivity contribution in [2.24, 2.45) is 5.92 Å². The number of epoxide rings is 1. The Labute approximate surface area is 216 Å². The van der Waals surface area contributed by atoms with Crippen molar-refractivity contribution >= 4 is 29.3 Å². The van der Waals surface area contributed by atoms with Gasteiger partial charge in [-0.2, -0.15) is 0 Å². The number of rotatable bonds is 11. The molecule has 1 aromatic heterocycles. The fraction of sp³-hybridized carbons (Fsp3) is 0.538. The minimum atomic E-state index is -0.306. The summed E-state index contributed by atoms with van der Waals surface area (Å²) in [7, 11) is 1.74. The number of anilines is 1. The highest BCUT2D eigenvalue weighted by atomic mass is 35.5. The average molecular weight is 517 g/mol. The molecule has 1 fully saturated rings. The second-order valence-electron chi connectivity index (χ2n) is 9.54. The predicted octanol–water partition coefficient (Wildman–Crippen LogP) is 4.22. The van der Waals surface area contributed by atoms with Gasteiger partial charge in [0.1, 0.15) is 18.1 Å². The number of hydrogen-bond donors (Lipinski definition) is 0. The Balaban J connectivity index is 1.62. The van der Waals surface area contributed by atoms with Crippen LogP contribution in [0, 0.1) is 5.92 Å². The molecule has 9 nitrogen and oxygen atoms in total. The lowest BCUT2D eigenvalue weighted by Crippen LogP contribution is -2.34. The molecule has 3 heterocycles. The lowest BCUT2D eigenvalue weighted by Gasteiger charge is -2.25. The van der Waals surface area contributed by atoms with Gasteiger partial charge in [0.15, 0.2) is 24.0 Å². The average Bonchev–Trinajstić information content (AvgIpc) is 3.64. The molecule has 2 aliphatic heterocycles. The molecule has 36 heavy (non-hydrogen) atoms. The first-order valence-corrected chi connectivity index (χ1v) is 12.7. The van der Waals surface area contributed by atoms with Gasteiger partial charge in [-0.3, -0.25) is 9.59 Å². The van der Waals surface area contributed by atoms with Gasteiger partial charge < -0.3 is 24.0 Å². The number of halogens is 1. The number of aryl methyl sites for hydroxylation is 1. The zero-order valence-electron chi connectivity index (χ0n) is 21.2. The molecule has 0 N–H and O–H groups in total. The van der Waals surface area contributed by atoms with E-state index in [0.29, 0.717) is 53.5 Å². The number of aromatic nitrogens is 2. The minimum Gasteiger partial charge on any atom is -0.486 e. The summed E-state index contributed by atoms with van der Waals surface area (Å²) >= 11 is 6.29. The Morgan fingerprint density at radius 3 is 2.64 bits per heavy atom. The highest BCUT2D eigenvalue weighted by molar-refractivity contribution is 6.32. The second-order valence-corrected chi connectivity index (χ2v) is 9.95. The zero-order chi connectivity index (χ0) is 25.8. The molecule has 0 saturated carbocycles. The quantitative estimate of drug-likeness (QED) is 0.249. The highest BCUT2D eigenvalue weighted by Gasteiger charge is 2.53. The maximum Gasteiger partial charge on any atom is 0.302 e. The first-order valence-electron chi connectivity index (χ1n) is 12.4. The molecule has 2 aliphatic rings. The van der Waals surface area contributed by atoms with Crippen molar-refractivity contribution in [2.45, 2.75) is 65.5 Å². The van der Waals surface area contributed by atoms with E-state index < -0.39 is 0 Å². The molecule has 1 saturated heterocycles. The largest absolute Gasteiger partial charge is 0.486 e. The number of benzene rings is 1. The number of para-hydroxylation sites is 1. The normalized spacial score (nSPS) is 18.6. The van der Waals surface area contributed by atoms with Crippen LogP contribution in [0.5, 0.6) is 5.75 Å². The summed E-state index contributed by atoms with van der Waals surface area (Å²) in [5, 5.41) is 0.514. The van der Waals surface area contributed by atoms with Crippen LogP contribution in [0.25, 0.3) is 0 Å². The molecule has 0 spiro atoms. The zero-order valence-corrected chi connectivity index (χ0v) is 22.0. The maximum absolute atomic E-state index is 13.3. The van der Waals surface area contributed by atoms with E-state index in [9.17, 15) is 9.59 Å². The van der Waals surface area contributed by atoms with E-state index in [4.69, 9.17) is 35.8 Å². The van der Waals surface area contributed by atoms with Crippen molar-refractivity contribution in [1.29, 1.82) is 0 Å². The molecule has 194 valence electrons. The molecule has 2 atom stereocenters. The number of unbranched alkanes of at least 4 members (excludes halogenated alkanes) is 2. The molecule has 4 rings (SSSR count). The Kier molecular flexibility index (Phi) is 8.31. The van der Waals surface area contributed by atoms with Crippen molar-refractivity contribution in [3.63, 3.8) is 0 Å². The Hall–Kier alpha value is -2.91. The van der Waals surface area contributed by atoms with Crippen LogP contribution in [0.15, 0.2) is 24.3 Å². The Morgan fingerprint density at radius 1 is 1.14 bits per heavy atom. The molecule has 2 aromatic rings. The number of amides is 1. The Morgan fingerprint density at radius 2 is 1.92 bits per heavy atom. The monoisotopic (exact) mass is 516 g/mol. The second kappa shape index (κ2) is 11.4. The van der Waals surface area contributed by atoms with Crippen LogP contribution >= 0.6 is 11.6 Å². The number of hydrogen-bond acceptors (Lipinski definition) is 8. The number of carbonyl (C=O) groups is 2. The van der Waals surface area contributed by atoms with Crippen LogP contribution in [0.1, 0.15) is 61.9 Å². The molecule has 10 heteroatoms. The van der Waals surface area contributed by atoms with Gasteiger partial charge in [-0.25, -0.2) is 9.97 Å². The third kappa shape index (κ3) is 6.07. The van der Waals surface area contributed by atoms with Gasteiger partial charge in [-0.15, -0.1) is 0 Å². The van der Waals surface area contributed by atoms with E-state index in [2.05, 4.69) is 13.8 Å². The van der Waals surface area contributed by atoms with Crippen LogP contribution < -0.4 is 9.64 Å². The number of fused-ring (bicyclic) bond motifs is 2. The molecule has 0 bridgehead atoms. The first-order chi connectivity index (χ1) is 17.3. The number of ether oxygens (including phenoxy) is 3.